The van der Waals surface area contributed by atoms with Crippen LogP contribution < -0.4 is 5.32 Å². The molecule has 1 saturated heterocycles. The molecule has 1 heterocycles. The Morgan fingerprint density at radius 1 is 1.47 bits per heavy atom. The maximum Gasteiger partial charge on any atom is 0.491 e. The topological polar surface area (TPSA) is 75.6 Å². The fourth-order valence-corrected chi connectivity index (χ4v) is 1.45. The number of alkyl halides is 4. The Morgan fingerprint density at radius 3 is 2.29 bits per heavy atom. The van der Waals surface area contributed by atoms with Crippen LogP contribution in [0.5, 0.6) is 0 Å². The van der Waals surface area contributed by atoms with Crippen LogP contribution in [-0.2, 0) is 14.3 Å². The summed E-state index contributed by atoms with van der Waals surface area (Å²) in [6, 6.07) is -1.02. The van der Waals surface area contributed by atoms with Gasteiger partial charge in [-0.05, 0) is 6.92 Å². The van der Waals surface area contributed by atoms with Crippen molar-refractivity contribution in [1.82, 2.24) is 5.32 Å². The molecular formula is C8H9F4NO4. The number of nitrogens with one attached hydrogen (secondary N) is 1. The molecule has 0 aromatic carbocycles. The molecule has 1 aliphatic heterocycles. The summed E-state index contributed by atoms with van der Waals surface area (Å²) in [6.07, 6.45) is -7.92. The molecule has 0 saturated carbocycles. The summed E-state index contributed by atoms with van der Waals surface area (Å²) in [5, 5.41) is 10.7. The molecule has 5 nitrogen and oxygen atoms in total. The van der Waals surface area contributed by atoms with Crippen LogP contribution >= 0.6 is 0 Å². The molecule has 3 atom stereocenters. The zero-order valence-electron chi connectivity index (χ0n) is 8.55. The number of carboxylic acid groups (broad SMARTS) is 1. The molecule has 1 rings (SSSR count). The summed E-state index contributed by atoms with van der Waals surface area (Å²) in [4.78, 5) is 21.4. The third-order valence-corrected chi connectivity index (χ3v) is 2.33. The lowest BCUT2D eigenvalue weighted by atomic mass is 10.1. The maximum absolute atomic E-state index is 13.1. The molecule has 0 amide bonds. The van der Waals surface area contributed by atoms with Crippen LogP contribution in [0.15, 0.2) is 0 Å². The lowest BCUT2D eigenvalue weighted by molar-refractivity contribution is -0.220. The maximum atomic E-state index is 13.1. The van der Waals surface area contributed by atoms with Crippen molar-refractivity contribution >= 4 is 11.9 Å². The number of hydrogen-bond donors (Lipinski definition) is 2. The monoisotopic (exact) mass is 259 g/mol. The normalized spacial score (nSPS) is 33.5. The van der Waals surface area contributed by atoms with E-state index in [4.69, 9.17) is 5.11 Å². The average molecular weight is 259 g/mol. The van der Waals surface area contributed by atoms with Crippen LogP contribution in [0.3, 0.4) is 0 Å². The second-order valence-electron chi connectivity index (χ2n) is 3.67. The summed E-state index contributed by atoms with van der Waals surface area (Å²) in [6.45, 7) is 1.23. The lowest BCUT2D eigenvalue weighted by Gasteiger charge is -2.25. The average Bonchev–Trinajstić information content (AvgIpc) is 2.41. The van der Waals surface area contributed by atoms with Crippen LogP contribution in [0.2, 0.25) is 0 Å². The highest BCUT2D eigenvalue weighted by Crippen LogP contribution is 2.30. The van der Waals surface area contributed by atoms with Gasteiger partial charge in [-0.1, -0.05) is 0 Å². The summed E-state index contributed by atoms with van der Waals surface area (Å²) >= 11 is 0. The predicted octanol–water partition coefficient (Wildman–Crippen LogP) is 0.593. The molecule has 1 fully saturated rings. The van der Waals surface area contributed by atoms with Crippen molar-refractivity contribution in [1.29, 1.82) is 0 Å². The van der Waals surface area contributed by atoms with E-state index in [1.54, 1.807) is 0 Å². The van der Waals surface area contributed by atoms with Gasteiger partial charge in [0.25, 0.3) is 5.72 Å². The van der Waals surface area contributed by atoms with Crippen molar-refractivity contribution in [3.8, 4) is 0 Å². The van der Waals surface area contributed by atoms with Crippen molar-refractivity contribution in [3.05, 3.63) is 0 Å². The van der Waals surface area contributed by atoms with Crippen molar-refractivity contribution in [2.75, 3.05) is 0 Å². The number of carbonyl (C=O) groups is 2. The number of carbonyl (C=O) groups excluding carboxylic acids is 1. The van der Waals surface area contributed by atoms with Crippen LogP contribution in [0.25, 0.3) is 0 Å². The Hall–Kier alpha value is -1.38. The van der Waals surface area contributed by atoms with Crippen LogP contribution in [0.4, 0.5) is 17.6 Å². The highest BCUT2D eigenvalue weighted by atomic mass is 19.4. The molecule has 1 aliphatic rings. The van der Waals surface area contributed by atoms with E-state index in [9.17, 15) is 27.2 Å². The summed E-state index contributed by atoms with van der Waals surface area (Å²) in [7, 11) is 0. The van der Waals surface area contributed by atoms with E-state index in [1.165, 1.54) is 6.92 Å². The van der Waals surface area contributed by atoms with Gasteiger partial charge in [-0.3, -0.25) is 5.32 Å². The van der Waals surface area contributed by atoms with Crippen molar-refractivity contribution in [2.24, 2.45) is 0 Å². The van der Waals surface area contributed by atoms with Crippen LogP contribution in [0, 0.1) is 0 Å². The van der Waals surface area contributed by atoms with Crippen molar-refractivity contribution in [2.45, 2.75) is 37.5 Å². The molecule has 0 bridgehead atoms. The van der Waals surface area contributed by atoms with Gasteiger partial charge in [-0.15, -0.1) is 0 Å². The zero-order chi connectivity index (χ0) is 13.4. The van der Waals surface area contributed by atoms with E-state index in [0.29, 0.717) is 0 Å². The third kappa shape index (κ3) is 2.65. The smallest absolute Gasteiger partial charge is 0.477 e. The minimum Gasteiger partial charge on any atom is -0.477 e. The third-order valence-electron chi connectivity index (χ3n) is 2.33. The van der Waals surface area contributed by atoms with Crippen molar-refractivity contribution in [3.63, 3.8) is 0 Å². The molecule has 2 N–H and O–H groups in total. The van der Waals surface area contributed by atoms with Gasteiger partial charge in [0.05, 0.1) is 0 Å². The van der Waals surface area contributed by atoms with Gasteiger partial charge in [-0.25, -0.2) is 14.0 Å². The molecular weight excluding hydrogens is 250 g/mol. The molecule has 0 radical (unpaired) electrons. The first kappa shape index (κ1) is 13.7. The largest absolute Gasteiger partial charge is 0.491 e. The Kier molecular flexibility index (Phi) is 3.33. The van der Waals surface area contributed by atoms with E-state index in [1.807, 2.05) is 5.32 Å². The number of halogens is 4. The molecule has 17 heavy (non-hydrogen) atoms. The van der Waals surface area contributed by atoms with E-state index in [-0.39, 0.29) is 0 Å². The highest BCUT2D eigenvalue weighted by molar-refractivity contribution is 5.84. The fourth-order valence-electron chi connectivity index (χ4n) is 1.45. The van der Waals surface area contributed by atoms with E-state index in [2.05, 4.69) is 4.74 Å². The minimum absolute atomic E-state index is 0.870. The Bertz CT molecular complexity index is 333. The molecule has 0 aromatic heterocycles. The Balaban J connectivity index is 2.90. The summed E-state index contributed by atoms with van der Waals surface area (Å²) in [5.41, 5.74) is -2.66. The van der Waals surface area contributed by atoms with Gasteiger partial charge < -0.3 is 9.84 Å². The number of hydrogen-bond acceptors (Lipinski definition) is 4. The van der Waals surface area contributed by atoms with E-state index < -0.39 is 42.5 Å². The van der Waals surface area contributed by atoms with Gasteiger partial charge in [0.2, 0.25) is 0 Å². The molecule has 0 spiro atoms. The molecule has 98 valence electrons. The van der Waals surface area contributed by atoms with Gasteiger partial charge in [0.15, 0.2) is 0 Å². The second-order valence-corrected chi connectivity index (χ2v) is 3.67. The van der Waals surface area contributed by atoms with Gasteiger partial charge >= 0.3 is 18.1 Å². The SMILES string of the molecule is CC1N[C@](OC(=O)C(F)(F)F)(C(=O)O)CC1F. The summed E-state index contributed by atoms with van der Waals surface area (Å²) in [5.74, 6) is -4.55. The minimum atomic E-state index is -5.33. The molecule has 0 aliphatic carbocycles. The van der Waals surface area contributed by atoms with Gasteiger partial charge in [0.1, 0.15) is 6.17 Å². The first-order chi connectivity index (χ1) is 7.58. The number of aliphatic carboxylic acids is 1. The Labute approximate surface area is 92.7 Å². The number of esters is 1. The molecule has 0 aromatic rings. The lowest BCUT2D eigenvalue weighted by Crippen LogP contribution is -2.54. The van der Waals surface area contributed by atoms with Crippen LogP contribution in [0.1, 0.15) is 13.3 Å². The quantitative estimate of drug-likeness (QED) is 0.560. The second kappa shape index (κ2) is 4.13. The standard InChI is InChI=1S/C8H9F4NO4/c1-3-4(9)2-7(13-3,5(14)15)17-6(16)8(10,11)12/h3-4,13H,2H2,1H3,(H,14,15)/t3?,4?,7-/m1/s1. The van der Waals surface area contributed by atoms with Crippen LogP contribution in [-0.4, -0.2) is 41.2 Å². The number of ether oxygens (including phenoxy) is 1. The zero-order valence-corrected chi connectivity index (χ0v) is 8.55. The van der Waals surface area contributed by atoms with Gasteiger partial charge in [-0.2, -0.15) is 13.2 Å². The first-order valence-electron chi connectivity index (χ1n) is 4.54. The number of rotatable bonds is 2. The fraction of sp³-hybridized carbons (Fsp3) is 0.750. The molecule has 2 unspecified atom stereocenters. The van der Waals surface area contributed by atoms with E-state index in [0.717, 1.165) is 0 Å². The number of carboxylic acids is 1. The summed E-state index contributed by atoms with van der Waals surface area (Å²) < 4.78 is 52.8. The first-order valence-corrected chi connectivity index (χ1v) is 4.54. The van der Waals surface area contributed by atoms with E-state index >= 15 is 0 Å². The molecule has 9 heteroatoms. The van der Waals surface area contributed by atoms with Gasteiger partial charge in [0, 0.05) is 12.5 Å². The van der Waals surface area contributed by atoms with Crippen molar-refractivity contribution < 1.29 is 37.0 Å². The Morgan fingerprint density at radius 2 is 2.00 bits per heavy atom. The highest BCUT2D eigenvalue weighted by Gasteiger charge is 2.56. The predicted molar refractivity (Wildman–Crippen MR) is 44.6 cm³/mol.